The summed E-state index contributed by atoms with van der Waals surface area (Å²) >= 11 is 0. The molecule has 1 aromatic carbocycles. The molecule has 14 heavy (non-hydrogen) atoms. The van der Waals surface area contributed by atoms with E-state index in [1.54, 1.807) is 0 Å². The number of nitrogens with two attached hydrogens (primary N) is 1. The normalized spacial score (nSPS) is 10.5. The van der Waals surface area contributed by atoms with Crippen molar-refractivity contribution < 1.29 is 4.79 Å². The number of hydrogen-bond acceptors (Lipinski definition) is 2. The van der Waals surface area contributed by atoms with Gasteiger partial charge in [0.05, 0.1) is 0 Å². The third-order valence-electron chi connectivity index (χ3n) is 2.28. The van der Waals surface area contributed by atoms with Crippen LogP contribution in [0.1, 0.15) is 25.8 Å². The van der Waals surface area contributed by atoms with E-state index in [-0.39, 0.29) is 5.92 Å². The Bertz CT molecular complexity index is 301. The lowest BCUT2D eigenvalue weighted by Gasteiger charge is -2.04. The topological polar surface area (TPSA) is 43.1 Å². The molecule has 0 aliphatic heterocycles. The molecule has 1 rings (SSSR count). The summed E-state index contributed by atoms with van der Waals surface area (Å²) in [6, 6.07) is 7.69. The van der Waals surface area contributed by atoms with E-state index in [1.807, 2.05) is 38.1 Å². The second kappa shape index (κ2) is 4.80. The van der Waals surface area contributed by atoms with Crippen LogP contribution in [0.25, 0.3) is 0 Å². The van der Waals surface area contributed by atoms with Crippen molar-refractivity contribution in [3.63, 3.8) is 0 Å². The number of rotatable bonds is 4. The Morgan fingerprint density at radius 1 is 1.29 bits per heavy atom. The van der Waals surface area contributed by atoms with Crippen molar-refractivity contribution in [3.05, 3.63) is 29.8 Å². The molecule has 0 aromatic heterocycles. The molecule has 0 radical (unpaired) electrons. The van der Waals surface area contributed by atoms with Gasteiger partial charge < -0.3 is 5.73 Å². The van der Waals surface area contributed by atoms with Crippen LogP contribution in [0.15, 0.2) is 24.3 Å². The van der Waals surface area contributed by atoms with Crippen LogP contribution in [-0.2, 0) is 11.2 Å². The minimum absolute atomic E-state index is 0.142. The lowest BCUT2D eigenvalue weighted by atomic mass is 10.0. The molecule has 0 fully saturated rings. The smallest absolute Gasteiger partial charge is 0.135 e. The molecule has 0 bridgehead atoms. The van der Waals surface area contributed by atoms with Crippen molar-refractivity contribution in [3.8, 4) is 0 Å². The second-order valence-electron chi connectivity index (χ2n) is 3.86. The number of hydrogen-bond donors (Lipinski definition) is 1. The van der Waals surface area contributed by atoms with Crippen molar-refractivity contribution in [1.29, 1.82) is 0 Å². The summed E-state index contributed by atoms with van der Waals surface area (Å²) in [4.78, 5) is 11.4. The van der Waals surface area contributed by atoms with E-state index in [0.717, 1.165) is 12.1 Å². The quantitative estimate of drug-likeness (QED) is 0.743. The van der Waals surface area contributed by atoms with Crippen LogP contribution in [0.2, 0.25) is 0 Å². The maximum atomic E-state index is 11.4. The van der Waals surface area contributed by atoms with Gasteiger partial charge in [0.1, 0.15) is 5.78 Å². The Kier molecular flexibility index (Phi) is 3.69. The van der Waals surface area contributed by atoms with Crippen LogP contribution in [0.5, 0.6) is 0 Å². The van der Waals surface area contributed by atoms with Crippen molar-refractivity contribution in [1.82, 2.24) is 0 Å². The Morgan fingerprint density at radius 3 is 2.36 bits per heavy atom. The predicted octanol–water partition coefficient (Wildman–Crippen LogP) is 2.43. The first-order valence-corrected chi connectivity index (χ1v) is 4.96. The van der Waals surface area contributed by atoms with Gasteiger partial charge in [-0.25, -0.2) is 0 Å². The Hall–Kier alpha value is -1.31. The number of carbonyl (C=O) groups is 1. The summed E-state index contributed by atoms with van der Waals surface area (Å²) in [7, 11) is 0. The molecule has 0 atom stereocenters. The summed E-state index contributed by atoms with van der Waals surface area (Å²) < 4.78 is 0. The van der Waals surface area contributed by atoms with Crippen molar-refractivity contribution in [2.75, 3.05) is 5.73 Å². The highest BCUT2D eigenvalue weighted by Crippen LogP contribution is 2.09. The number of benzene rings is 1. The molecule has 0 amide bonds. The third-order valence-corrected chi connectivity index (χ3v) is 2.28. The van der Waals surface area contributed by atoms with Crippen LogP contribution in [-0.4, -0.2) is 5.78 Å². The van der Waals surface area contributed by atoms with Gasteiger partial charge in [-0.05, 0) is 24.1 Å². The SMILES string of the molecule is CC(C)C(=O)CCc1ccc(N)cc1. The first kappa shape index (κ1) is 10.8. The van der Waals surface area contributed by atoms with Crippen molar-refractivity contribution >= 4 is 11.5 Å². The molecule has 1 aromatic rings. The molecule has 0 unspecified atom stereocenters. The zero-order valence-electron chi connectivity index (χ0n) is 8.79. The number of carbonyl (C=O) groups excluding carboxylic acids is 1. The number of Topliss-reactive ketones (excluding diaryl/α,β-unsaturated/α-hetero) is 1. The monoisotopic (exact) mass is 191 g/mol. The van der Waals surface area contributed by atoms with E-state index in [9.17, 15) is 4.79 Å². The van der Waals surface area contributed by atoms with Gasteiger partial charge in [0, 0.05) is 18.0 Å². The number of nitrogen functional groups attached to an aromatic ring is 1. The average molecular weight is 191 g/mol. The minimum atomic E-state index is 0.142. The fourth-order valence-electron chi connectivity index (χ4n) is 1.24. The van der Waals surface area contributed by atoms with Crippen LogP contribution in [0, 0.1) is 5.92 Å². The number of anilines is 1. The van der Waals surface area contributed by atoms with Crippen LogP contribution in [0.3, 0.4) is 0 Å². The van der Waals surface area contributed by atoms with Gasteiger partial charge in [0.2, 0.25) is 0 Å². The minimum Gasteiger partial charge on any atom is -0.399 e. The molecule has 0 heterocycles. The zero-order chi connectivity index (χ0) is 10.6. The summed E-state index contributed by atoms with van der Waals surface area (Å²) in [6.07, 6.45) is 1.44. The molecule has 0 aliphatic rings. The fraction of sp³-hybridized carbons (Fsp3) is 0.417. The number of ketones is 1. The van der Waals surface area contributed by atoms with Crippen molar-refractivity contribution in [2.24, 2.45) is 5.92 Å². The van der Waals surface area contributed by atoms with E-state index >= 15 is 0 Å². The summed E-state index contributed by atoms with van der Waals surface area (Å²) in [5.74, 6) is 0.464. The Morgan fingerprint density at radius 2 is 1.86 bits per heavy atom. The van der Waals surface area contributed by atoms with Crippen LogP contribution >= 0.6 is 0 Å². The highest BCUT2D eigenvalue weighted by Gasteiger charge is 2.06. The van der Waals surface area contributed by atoms with E-state index in [4.69, 9.17) is 5.73 Å². The number of aryl methyl sites for hydroxylation is 1. The maximum absolute atomic E-state index is 11.4. The van der Waals surface area contributed by atoms with Crippen molar-refractivity contribution in [2.45, 2.75) is 26.7 Å². The van der Waals surface area contributed by atoms with Gasteiger partial charge >= 0.3 is 0 Å². The third kappa shape index (κ3) is 3.21. The highest BCUT2D eigenvalue weighted by atomic mass is 16.1. The molecule has 2 N–H and O–H groups in total. The molecule has 76 valence electrons. The first-order valence-electron chi connectivity index (χ1n) is 4.96. The summed E-state index contributed by atoms with van der Waals surface area (Å²) in [6.45, 7) is 3.87. The summed E-state index contributed by atoms with van der Waals surface area (Å²) in [5, 5.41) is 0. The molecule has 2 nitrogen and oxygen atoms in total. The van der Waals surface area contributed by atoms with Gasteiger partial charge in [0.25, 0.3) is 0 Å². The standard InChI is InChI=1S/C12H17NO/c1-9(2)12(14)8-5-10-3-6-11(13)7-4-10/h3-4,6-7,9H,5,8,13H2,1-2H3. The Labute approximate surface area is 85.1 Å². The molecule has 2 heteroatoms. The maximum Gasteiger partial charge on any atom is 0.135 e. The van der Waals surface area contributed by atoms with E-state index < -0.39 is 0 Å². The molecule has 0 saturated carbocycles. The molecular weight excluding hydrogens is 174 g/mol. The van der Waals surface area contributed by atoms with Gasteiger partial charge in [-0.2, -0.15) is 0 Å². The fourth-order valence-corrected chi connectivity index (χ4v) is 1.24. The van der Waals surface area contributed by atoms with E-state index in [0.29, 0.717) is 12.2 Å². The van der Waals surface area contributed by atoms with Gasteiger partial charge in [-0.3, -0.25) is 4.79 Å². The van der Waals surface area contributed by atoms with Gasteiger partial charge in [-0.1, -0.05) is 26.0 Å². The van der Waals surface area contributed by atoms with E-state index in [2.05, 4.69) is 0 Å². The molecular formula is C12H17NO. The molecule has 0 aliphatic carbocycles. The zero-order valence-corrected chi connectivity index (χ0v) is 8.79. The second-order valence-corrected chi connectivity index (χ2v) is 3.86. The van der Waals surface area contributed by atoms with Gasteiger partial charge in [-0.15, -0.1) is 0 Å². The van der Waals surface area contributed by atoms with Crippen LogP contribution < -0.4 is 5.73 Å². The van der Waals surface area contributed by atoms with Gasteiger partial charge in [0.15, 0.2) is 0 Å². The lowest BCUT2D eigenvalue weighted by molar-refractivity contribution is -0.121. The van der Waals surface area contributed by atoms with Crippen LogP contribution in [0.4, 0.5) is 5.69 Å². The first-order chi connectivity index (χ1) is 6.59. The van der Waals surface area contributed by atoms with E-state index in [1.165, 1.54) is 5.56 Å². The largest absolute Gasteiger partial charge is 0.399 e. The molecule has 0 saturated heterocycles. The Balaban J connectivity index is 2.46. The average Bonchev–Trinajstić information content (AvgIpc) is 2.16. The summed E-state index contributed by atoms with van der Waals surface area (Å²) in [5.41, 5.74) is 7.51. The predicted molar refractivity (Wildman–Crippen MR) is 59.0 cm³/mol. The highest BCUT2D eigenvalue weighted by molar-refractivity contribution is 5.80. The molecule has 0 spiro atoms. The lowest BCUT2D eigenvalue weighted by Crippen LogP contribution is -2.07.